The fourth-order valence-electron chi connectivity index (χ4n) is 2.38. The summed E-state index contributed by atoms with van der Waals surface area (Å²) in [6.45, 7) is 0.293. The molecule has 0 aliphatic carbocycles. The Kier molecular flexibility index (Phi) is 3.59. The van der Waals surface area contributed by atoms with Gasteiger partial charge in [-0.1, -0.05) is 18.2 Å². The summed E-state index contributed by atoms with van der Waals surface area (Å²) >= 11 is 0. The second kappa shape index (κ2) is 5.03. The first-order valence-electron chi connectivity index (χ1n) is 6.14. The van der Waals surface area contributed by atoms with Gasteiger partial charge in [0, 0.05) is 30.1 Å². The minimum absolute atomic E-state index is 0.293. The normalized spacial score (nSPS) is 14.7. The van der Waals surface area contributed by atoms with Crippen LogP contribution in [0.3, 0.4) is 0 Å². The zero-order valence-electron chi connectivity index (χ0n) is 11.2. The lowest BCUT2D eigenvalue weighted by Gasteiger charge is -2.27. The van der Waals surface area contributed by atoms with E-state index in [-0.39, 0.29) is 0 Å². The molecule has 2 rings (SSSR count). The number of rotatable bonds is 5. The van der Waals surface area contributed by atoms with Crippen molar-refractivity contribution in [2.45, 2.75) is 12.0 Å². The Bertz CT molecular complexity index is 591. The summed E-state index contributed by atoms with van der Waals surface area (Å²) in [6, 6.07) is 7.81. The third-order valence-corrected chi connectivity index (χ3v) is 3.21. The number of likely N-dealkylation sites (N-methyl/N-ethyl adjacent to an activating group) is 1. The zero-order chi connectivity index (χ0) is 14.0. The van der Waals surface area contributed by atoms with Crippen LogP contribution in [0.5, 0.6) is 0 Å². The van der Waals surface area contributed by atoms with Crippen LogP contribution >= 0.6 is 0 Å². The molecule has 0 saturated heterocycles. The van der Waals surface area contributed by atoms with Gasteiger partial charge in [0.1, 0.15) is 5.54 Å². The van der Waals surface area contributed by atoms with Gasteiger partial charge in [0.2, 0.25) is 0 Å². The van der Waals surface area contributed by atoms with Crippen LogP contribution in [0.25, 0.3) is 10.9 Å². The molecule has 0 aliphatic heterocycles. The van der Waals surface area contributed by atoms with Gasteiger partial charge in [-0.15, -0.1) is 0 Å². The first-order chi connectivity index (χ1) is 8.92. The Morgan fingerprint density at radius 3 is 2.74 bits per heavy atom. The Morgan fingerprint density at radius 2 is 2.11 bits per heavy atom. The summed E-state index contributed by atoms with van der Waals surface area (Å²) in [5.74, 6) is -0.980. The molecule has 0 aliphatic rings. The van der Waals surface area contributed by atoms with E-state index in [0.717, 1.165) is 16.5 Å². The maximum Gasteiger partial charge on any atom is 0.325 e. The molecule has 0 unspecified atom stereocenters. The monoisotopic (exact) mass is 261 g/mol. The highest BCUT2D eigenvalue weighted by Gasteiger charge is 2.35. The van der Waals surface area contributed by atoms with Gasteiger partial charge in [-0.25, -0.2) is 0 Å². The fraction of sp³-hybridized carbons (Fsp3) is 0.357. The van der Waals surface area contributed by atoms with Gasteiger partial charge < -0.3 is 20.7 Å². The third-order valence-electron chi connectivity index (χ3n) is 3.21. The molecule has 1 heterocycles. The number of nitrogens with zero attached hydrogens (tertiary/aromatic N) is 1. The second-order valence-electron chi connectivity index (χ2n) is 5.24. The molecule has 19 heavy (non-hydrogen) atoms. The number of carboxylic acids is 1. The molecule has 0 spiro atoms. The molecule has 0 amide bonds. The van der Waals surface area contributed by atoms with Crippen LogP contribution in [0.1, 0.15) is 5.56 Å². The maximum absolute atomic E-state index is 11.5. The molecule has 2 aromatic rings. The topological polar surface area (TPSA) is 82.3 Å². The van der Waals surface area contributed by atoms with Gasteiger partial charge in [-0.05, 0) is 25.7 Å². The minimum atomic E-state index is -1.28. The van der Waals surface area contributed by atoms with Crippen molar-refractivity contribution in [3.63, 3.8) is 0 Å². The SMILES string of the molecule is CN(C)C[C@@](N)(Cc1c[nH]c2ccccc12)C(=O)O. The number of carbonyl (C=O) groups is 1. The Labute approximate surface area is 112 Å². The summed E-state index contributed by atoms with van der Waals surface area (Å²) in [6.07, 6.45) is 2.13. The van der Waals surface area contributed by atoms with E-state index in [0.29, 0.717) is 13.0 Å². The number of hydrogen-bond donors (Lipinski definition) is 3. The quantitative estimate of drug-likeness (QED) is 0.751. The highest BCUT2D eigenvalue weighted by molar-refractivity contribution is 5.85. The van der Waals surface area contributed by atoms with Crippen molar-refractivity contribution >= 4 is 16.9 Å². The van der Waals surface area contributed by atoms with Crippen LogP contribution in [0.15, 0.2) is 30.5 Å². The predicted octanol–water partition coefficient (Wildman–Crippen LogP) is 1.05. The van der Waals surface area contributed by atoms with E-state index in [1.54, 1.807) is 4.90 Å². The number of nitrogens with two attached hydrogens (primary N) is 1. The highest BCUT2D eigenvalue weighted by atomic mass is 16.4. The molecule has 5 heteroatoms. The molecule has 1 aromatic heterocycles. The zero-order valence-corrected chi connectivity index (χ0v) is 11.2. The van der Waals surface area contributed by atoms with Crippen molar-refractivity contribution in [1.82, 2.24) is 9.88 Å². The van der Waals surface area contributed by atoms with E-state index in [9.17, 15) is 9.90 Å². The average Bonchev–Trinajstić information content (AvgIpc) is 2.71. The van der Waals surface area contributed by atoms with Crippen molar-refractivity contribution < 1.29 is 9.90 Å². The standard InChI is InChI=1S/C14H19N3O2/c1-17(2)9-14(15,13(18)19)7-10-8-16-12-6-4-3-5-11(10)12/h3-6,8,16H,7,9,15H2,1-2H3,(H,18,19)/t14-/m0/s1. The molecule has 0 bridgehead atoms. The van der Waals surface area contributed by atoms with Gasteiger partial charge in [0.05, 0.1) is 0 Å². The lowest BCUT2D eigenvalue weighted by molar-refractivity contribution is -0.143. The predicted molar refractivity (Wildman–Crippen MR) is 75.1 cm³/mol. The summed E-state index contributed by atoms with van der Waals surface area (Å²) in [5.41, 5.74) is 6.71. The number of H-pyrrole nitrogens is 1. The molecular weight excluding hydrogens is 242 g/mol. The van der Waals surface area contributed by atoms with E-state index in [1.165, 1.54) is 0 Å². The van der Waals surface area contributed by atoms with Gasteiger partial charge in [-0.2, -0.15) is 0 Å². The van der Waals surface area contributed by atoms with Gasteiger partial charge in [-0.3, -0.25) is 4.79 Å². The van der Waals surface area contributed by atoms with Crippen molar-refractivity contribution in [3.8, 4) is 0 Å². The highest BCUT2D eigenvalue weighted by Crippen LogP contribution is 2.22. The van der Waals surface area contributed by atoms with E-state index in [2.05, 4.69) is 4.98 Å². The van der Waals surface area contributed by atoms with Crippen molar-refractivity contribution in [2.75, 3.05) is 20.6 Å². The van der Waals surface area contributed by atoms with Crippen molar-refractivity contribution in [1.29, 1.82) is 0 Å². The molecule has 1 atom stereocenters. The number of benzene rings is 1. The lowest BCUT2D eigenvalue weighted by atomic mass is 9.91. The molecule has 0 saturated carbocycles. The first-order valence-corrected chi connectivity index (χ1v) is 6.14. The molecule has 102 valence electrons. The number of aliphatic carboxylic acids is 1. The number of nitrogens with one attached hydrogen (secondary N) is 1. The van der Waals surface area contributed by atoms with Crippen molar-refractivity contribution in [3.05, 3.63) is 36.0 Å². The van der Waals surface area contributed by atoms with E-state index < -0.39 is 11.5 Å². The molecule has 4 N–H and O–H groups in total. The third kappa shape index (κ3) is 2.77. The Balaban J connectivity index is 2.34. The maximum atomic E-state index is 11.5. The van der Waals surface area contributed by atoms with E-state index in [1.807, 2.05) is 44.6 Å². The van der Waals surface area contributed by atoms with Crippen LogP contribution < -0.4 is 5.73 Å². The van der Waals surface area contributed by atoms with Gasteiger partial charge in [0.15, 0.2) is 0 Å². The number of hydrogen-bond acceptors (Lipinski definition) is 3. The largest absolute Gasteiger partial charge is 0.480 e. The minimum Gasteiger partial charge on any atom is -0.480 e. The summed E-state index contributed by atoms with van der Waals surface area (Å²) < 4.78 is 0. The molecule has 0 radical (unpaired) electrons. The number of aromatic nitrogens is 1. The molecule has 1 aromatic carbocycles. The number of aromatic amines is 1. The van der Waals surface area contributed by atoms with Gasteiger partial charge in [0.25, 0.3) is 0 Å². The van der Waals surface area contributed by atoms with Crippen LogP contribution in [-0.2, 0) is 11.2 Å². The van der Waals surface area contributed by atoms with Gasteiger partial charge >= 0.3 is 5.97 Å². The number of carboxylic acid groups (broad SMARTS) is 1. The summed E-state index contributed by atoms with van der Waals surface area (Å²) in [4.78, 5) is 16.4. The van der Waals surface area contributed by atoms with Crippen LogP contribution in [0.2, 0.25) is 0 Å². The molecule has 0 fully saturated rings. The number of fused-ring (bicyclic) bond motifs is 1. The van der Waals surface area contributed by atoms with Crippen molar-refractivity contribution in [2.24, 2.45) is 5.73 Å². The smallest absolute Gasteiger partial charge is 0.325 e. The average molecular weight is 261 g/mol. The second-order valence-corrected chi connectivity index (χ2v) is 5.24. The Hall–Kier alpha value is -1.85. The first kappa shape index (κ1) is 13.6. The number of para-hydroxylation sites is 1. The van der Waals surface area contributed by atoms with Crippen LogP contribution in [0.4, 0.5) is 0 Å². The Morgan fingerprint density at radius 1 is 1.42 bits per heavy atom. The molecule has 5 nitrogen and oxygen atoms in total. The summed E-state index contributed by atoms with van der Waals surface area (Å²) in [7, 11) is 3.64. The van der Waals surface area contributed by atoms with Crippen LogP contribution in [-0.4, -0.2) is 47.1 Å². The summed E-state index contributed by atoms with van der Waals surface area (Å²) in [5, 5.41) is 10.4. The van der Waals surface area contributed by atoms with E-state index in [4.69, 9.17) is 5.73 Å². The van der Waals surface area contributed by atoms with Crippen LogP contribution in [0, 0.1) is 0 Å². The molecular formula is C14H19N3O2. The lowest BCUT2D eigenvalue weighted by Crippen LogP contribution is -2.56. The fourth-order valence-corrected chi connectivity index (χ4v) is 2.38. The van der Waals surface area contributed by atoms with E-state index >= 15 is 0 Å².